The highest BCUT2D eigenvalue weighted by atomic mass is 35.5. The normalized spacial score (nSPS) is 18.2. The van der Waals surface area contributed by atoms with Crippen LogP contribution in [0.3, 0.4) is 0 Å². The van der Waals surface area contributed by atoms with E-state index >= 15 is 0 Å². The molecule has 32 heavy (non-hydrogen) atoms. The number of amides is 1. The molecule has 0 bridgehead atoms. The molecular formula is C23H26Cl2F2N2O3. The Bertz CT molecular complexity index is 909. The van der Waals surface area contributed by atoms with Gasteiger partial charge in [0.05, 0.1) is 16.7 Å². The molecule has 0 aliphatic heterocycles. The van der Waals surface area contributed by atoms with Gasteiger partial charge in [0.15, 0.2) is 6.61 Å². The number of carbonyl (C=O) groups excluding carboxylic acids is 1. The summed E-state index contributed by atoms with van der Waals surface area (Å²) in [6.45, 7) is 1.11. The van der Waals surface area contributed by atoms with E-state index in [1.54, 1.807) is 6.07 Å². The molecule has 3 rings (SSSR count). The largest absolute Gasteiger partial charge is 0.493 e. The maximum atomic E-state index is 13.4. The Morgan fingerprint density at radius 2 is 1.47 bits per heavy atom. The van der Waals surface area contributed by atoms with Crippen LogP contribution in [-0.2, 0) is 4.79 Å². The van der Waals surface area contributed by atoms with Crippen LogP contribution in [0.15, 0.2) is 36.4 Å². The summed E-state index contributed by atoms with van der Waals surface area (Å²) in [5.41, 5.74) is 0. The standard InChI is InChI=1S/C23H26Cl2F2N2O3/c24-19-8-6-17(12-21(19)26)31-11-1-10-28-15-2-4-16(5-3-15)29-23(30)14-32-18-7-9-20(25)22(27)13-18/h6-9,12-13,15-16,28H,1-5,10-11,14H2,(H,29,30)/t15-,16+. The highest BCUT2D eigenvalue weighted by molar-refractivity contribution is 6.31. The van der Waals surface area contributed by atoms with E-state index in [4.69, 9.17) is 32.7 Å². The van der Waals surface area contributed by atoms with Crippen molar-refractivity contribution in [1.82, 2.24) is 10.6 Å². The molecule has 1 aliphatic carbocycles. The highest BCUT2D eigenvalue weighted by Gasteiger charge is 2.22. The van der Waals surface area contributed by atoms with Gasteiger partial charge in [-0.15, -0.1) is 0 Å². The molecule has 2 N–H and O–H groups in total. The first-order valence-electron chi connectivity index (χ1n) is 10.6. The summed E-state index contributed by atoms with van der Waals surface area (Å²) < 4.78 is 37.6. The zero-order chi connectivity index (χ0) is 22.9. The van der Waals surface area contributed by atoms with E-state index in [2.05, 4.69) is 10.6 Å². The van der Waals surface area contributed by atoms with Gasteiger partial charge in [-0.3, -0.25) is 4.79 Å². The number of ether oxygens (including phenoxy) is 2. The lowest BCUT2D eigenvalue weighted by Crippen LogP contribution is -2.43. The van der Waals surface area contributed by atoms with Crippen molar-refractivity contribution >= 4 is 29.1 Å². The summed E-state index contributed by atoms with van der Waals surface area (Å²) in [5, 5.41) is 6.56. The molecule has 1 aliphatic rings. The van der Waals surface area contributed by atoms with Gasteiger partial charge in [-0.2, -0.15) is 0 Å². The van der Waals surface area contributed by atoms with E-state index in [0.717, 1.165) is 44.7 Å². The van der Waals surface area contributed by atoms with Crippen LogP contribution in [-0.4, -0.2) is 37.7 Å². The van der Waals surface area contributed by atoms with Gasteiger partial charge in [0.1, 0.15) is 23.1 Å². The van der Waals surface area contributed by atoms with Crippen molar-refractivity contribution < 1.29 is 23.0 Å². The van der Waals surface area contributed by atoms with Crippen molar-refractivity contribution in [3.8, 4) is 11.5 Å². The van der Waals surface area contributed by atoms with Gasteiger partial charge < -0.3 is 20.1 Å². The zero-order valence-electron chi connectivity index (χ0n) is 17.5. The van der Waals surface area contributed by atoms with Crippen LogP contribution in [0.5, 0.6) is 11.5 Å². The van der Waals surface area contributed by atoms with Crippen molar-refractivity contribution in [2.24, 2.45) is 0 Å². The van der Waals surface area contributed by atoms with E-state index in [1.165, 1.54) is 24.3 Å². The molecule has 0 spiro atoms. The lowest BCUT2D eigenvalue weighted by molar-refractivity contribution is -0.124. The van der Waals surface area contributed by atoms with Crippen LogP contribution in [0.2, 0.25) is 10.0 Å². The Morgan fingerprint density at radius 3 is 2.06 bits per heavy atom. The zero-order valence-corrected chi connectivity index (χ0v) is 19.0. The number of hydrogen-bond donors (Lipinski definition) is 2. The van der Waals surface area contributed by atoms with Gasteiger partial charge in [-0.1, -0.05) is 23.2 Å². The van der Waals surface area contributed by atoms with Crippen LogP contribution >= 0.6 is 23.2 Å². The fourth-order valence-electron chi connectivity index (χ4n) is 3.56. The van der Waals surface area contributed by atoms with Gasteiger partial charge in [-0.05, 0) is 62.9 Å². The summed E-state index contributed by atoms with van der Waals surface area (Å²) in [6, 6.07) is 8.98. The van der Waals surface area contributed by atoms with Crippen molar-refractivity contribution in [2.45, 2.75) is 44.2 Å². The van der Waals surface area contributed by atoms with Crippen molar-refractivity contribution in [2.75, 3.05) is 19.8 Å². The molecule has 0 unspecified atom stereocenters. The smallest absolute Gasteiger partial charge is 0.258 e. The number of benzene rings is 2. The van der Waals surface area contributed by atoms with Gasteiger partial charge in [0.2, 0.25) is 0 Å². The topological polar surface area (TPSA) is 59.6 Å². The molecule has 174 valence electrons. The molecule has 9 heteroatoms. The third-order valence-corrected chi connectivity index (χ3v) is 5.88. The molecule has 2 aromatic carbocycles. The third kappa shape index (κ3) is 7.80. The summed E-state index contributed by atoms with van der Waals surface area (Å²) in [6.07, 6.45) is 4.46. The number of nitrogens with one attached hydrogen (secondary N) is 2. The molecule has 1 amide bonds. The van der Waals surface area contributed by atoms with E-state index < -0.39 is 11.6 Å². The van der Waals surface area contributed by atoms with Crippen molar-refractivity contribution in [3.63, 3.8) is 0 Å². The van der Waals surface area contributed by atoms with Crippen LogP contribution < -0.4 is 20.1 Å². The van der Waals surface area contributed by atoms with Crippen LogP contribution in [0.1, 0.15) is 32.1 Å². The van der Waals surface area contributed by atoms with Gasteiger partial charge in [0, 0.05) is 24.2 Å². The predicted molar refractivity (Wildman–Crippen MR) is 121 cm³/mol. The van der Waals surface area contributed by atoms with Crippen LogP contribution in [0.4, 0.5) is 8.78 Å². The molecule has 0 radical (unpaired) electrons. The molecule has 0 heterocycles. The Kier molecular flexibility index (Phi) is 9.38. The molecule has 0 atom stereocenters. The first-order chi connectivity index (χ1) is 15.4. The predicted octanol–water partition coefficient (Wildman–Crippen LogP) is 5.14. The minimum atomic E-state index is -0.583. The van der Waals surface area contributed by atoms with E-state index in [-0.39, 0.29) is 34.4 Å². The molecule has 1 saturated carbocycles. The first-order valence-corrected chi connectivity index (χ1v) is 11.3. The lowest BCUT2D eigenvalue weighted by atomic mass is 9.91. The fourth-order valence-corrected chi connectivity index (χ4v) is 3.80. The summed E-state index contributed by atoms with van der Waals surface area (Å²) in [5.74, 6) is -0.571. The van der Waals surface area contributed by atoms with E-state index in [1.807, 2.05) is 0 Å². The second-order valence-corrected chi connectivity index (χ2v) is 8.53. The van der Waals surface area contributed by atoms with Crippen molar-refractivity contribution in [3.05, 3.63) is 58.1 Å². The molecule has 0 saturated heterocycles. The Morgan fingerprint density at radius 1 is 0.906 bits per heavy atom. The number of carbonyl (C=O) groups is 1. The van der Waals surface area contributed by atoms with Crippen LogP contribution in [0.25, 0.3) is 0 Å². The average molecular weight is 487 g/mol. The number of rotatable bonds is 10. The van der Waals surface area contributed by atoms with Gasteiger partial charge in [-0.25, -0.2) is 8.78 Å². The second-order valence-electron chi connectivity index (χ2n) is 7.71. The quantitative estimate of drug-likeness (QED) is 0.456. The van der Waals surface area contributed by atoms with Gasteiger partial charge in [0.25, 0.3) is 5.91 Å². The minimum absolute atomic E-state index is 0.0108. The number of halogens is 4. The fraction of sp³-hybridized carbons (Fsp3) is 0.435. The SMILES string of the molecule is O=C(COc1ccc(Cl)c(F)c1)N[C@H]1CC[C@@H](NCCCOc2ccc(Cl)c(F)c2)CC1. The summed E-state index contributed by atoms with van der Waals surface area (Å²) in [7, 11) is 0. The molecule has 0 aromatic heterocycles. The van der Waals surface area contributed by atoms with Crippen LogP contribution in [0, 0.1) is 11.6 Å². The summed E-state index contributed by atoms with van der Waals surface area (Å²) >= 11 is 11.3. The Labute approximate surface area is 196 Å². The Hall–Kier alpha value is -2.09. The minimum Gasteiger partial charge on any atom is -0.493 e. The molecule has 1 fully saturated rings. The van der Waals surface area contributed by atoms with Gasteiger partial charge >= 0.3 is 0 Å². The van der Waals surface area contributed by atoms with E-state index in [0.29, 0.717) is 18.4 Å². The molecular weight excluding hydrogens is 461 g/mol. The molecule has 5 nitrogen and oxygen atoms in total. The average Bonchev–Trinajstić information content (AvgIpc) is 2.78. The van der Waals surface area contributed by atoms with E-state index in [9.17, 15) is 13.6 Å². The first kappa shape index (κ1) is 24.6. The Balaban J connectivity index is 1.25. The lowest BCUT2D eigenvalue weighted by Gasteiger charge is -2.29. The maximum Gasteiger partial charge on any atom is 0.258 e. The monoisotopic (exact) mass is 486 g/mol. The third-order valence-electron chi connectivity index (χ3n) is 5.27. The number of hydrogen-bond acceptors (Lipinski definition) is 4. The second kappa shape index (κ2) is 12.2. The van der Waals surface area contributed by atoms with Crippen molar-refractivity contribution in [1.29, 1.82) is 0 Å². The molecule has 2 aromatic rings. The maximum absolute atomic E-state index is 13.4. The summed E-state index contributed by atoms with van der Waals surface area (Å²) in [4.78, 5) is 12.1. The highest BCUT2D eigenvalue weighted by Crippen LogP contribution is 2.22.